The smallest absolute Gasteiger partial charge is 0.178 e. The van der Waals surface area contributed by atoms with Crippen molar-refractivity contribution < 1.29 is 9.36 Å². The zero-order valence-electron chi connectivity index (χ0n) is 3.84. The van der Waals surface area contributed by atoms with E-state index in [4.69, 9.17) is 0 Å². The third-order valence-corrected chi connectivity index (χ3v) is 0.762. The van der Waals surface area contributed by atoms with Crippen LogP contribution in [-0.4, -0.2) is 19.4 Å². The maximum absolute atomic E-state index is 10.2. The highest BCUT2D eigenvalue weighted by molar-refractivity contribution is 7.76. The zero-order valence-corrected chi connectivity index (χ0v) is 4.74. The van der Waals surface area contributed by atoms with Crippen LogP contribution in [0.25, 0.3) is 0 Å². The normalized spacial score (nSPS) is 11.0. The molecule has 0 saturated heterocycles. The van der Waals surface area contributed by atoms with E-state index in [0.717, 1.165) is 0 Å². The van der Waals surface area contributed by atoms with E-state index in [9.17, 15) is 9.36 Å². The fraction of sp³-hybridized carbons (Fsp3) is 0.667. The number of hydrogen-bond donors (Lipinski definition) is 0. The van der Waals surface area contributed by atoms with Crippen molar-refractivity contribution in [2.24, 2.45) is 0 Å². The van der Waals surface area contributed by atoms with Crippen LogP contribution in [0, 0.1) is 0 Å². The van der Waals surface area contributed by atoms with Crippen LogP contribution in [0.4, 0.5) is 0 Å². The van der Waals surface area contributed by atoms with Gasteiger partial charge in [0.25, 0.3) is 0 Å². The van der Waals surface area contributed by atoms with Crippen molar-refractivity contribution in [2.45, 2.75) is 0 Å². The van der Waals surface area contributed by atoms with Gasteiger partial charge in [-0.2, -0.15) is 0 Å². The number of carbonyl (C=O) groups excluding carboxylic acids is 1. The standard InChI is InChI=1S/C3H7O2P/c1-6(2,5)3-4/h3H,1-2H3. The van der Waals surface area contributed by atoms with Crippen LogP contribution in [0.5, 0.6) is 0 Å². The average molecular weight is 106 g/mol. The fourth-order valence-corrected chi connectivity index (χ4v) is 0. The molecular formula is C3H7O2P. The molecule has 0 aliphatic heterocycles. The Labute approximate surface area is 36.9 Å². The van der Waals surface area contributed by atoms with Crippen molar-refractivity contribution in [3.63, 3.8) is 0 Å². The molecule has 0 saturated carbocycles. The topological polar surface area (TPSA) is 34.1 Å². The molecule has 3 heteroatoms. The summed E-state index contributed by atoms with van der Waals surface area (Å²) in [7, 11) is -2.33. The molecule has 0 radical (unpaired) electrons. The van der Waals surface area contributed by atoms with Crippen LogP contribution in [0.2, 0.25) is 0 Å². The Morgan fingerprint density at radius 3 is 1.67 bits per heavy atom. The molecule has 36 valence electrons. The minimum Gasteiger partial charge on any atom is -0.316 e. The highest BCUT2D eigenvalue weighted by Crippen LogP contribution is 2.29. The van der Waals surface area contributed by atoms with Gasteiger partial charge in [-0.15, -0.1) is 0 Å². The van der Waals surface area contributed by atoms with Crippen molar-refractivity contribution in [1.82, 2.24) is 0 Å². The molecule has 2 nitrogen and oxygen atoms in total. The van der Waals surface area contributed by atoms with Crippen LogP contribution in [0.3, 0.4) is 0 Å². The molecule has 0 heterocycles. The fourth-order valence-electron chi connectivity index (χ4n) is 0. The van der Waals surface area contributed by atoms with Gasteiger partial charge in [-0.3, -0.25) is 4.79 Å². The Morgan fingerprint density at radius 2 is 1.67 bits per heavy atom. The molecule has 0 rings (SSSR count). The third-order valence-electron chi connectivity index (χ3n) is 0.254. The molecule has 0 spiro atoms. The van der Waals surface area contributed by atoms with Crippen molar-refractivity contribution in [3.05, 3.63) is 0 Å². The lowest BCUT2D eigenvalue weighted by atomic mass is 11.8. The summed E-state index contributed by atoms with van der Waals surface area (Å²) in [5.41, 5.74) is 0. The highest BCUT2D eigenvalue weighted by Gasteiger charge is 1.99. The van der Waals surface area contributed by atoms with Gasteiger partial charge in [0.15, 0.2) is 6.03 Å². The Bertz CT molecular complexity index is 91.0. The lowest BCUT2D eigenvalue weighted by Crippen LogP contribution is -1.70. The maximum Gasteiger partial charge on any atom is 0.178 e. The largest absolute Gasteiger partial charge is 0.316 e. The molecule has 0 amide bonds. The molecule has 0 aromatic heterocycles. The molecule has 0 aromatic rings. The summed E-state index contributed by atoms with van der Waals surface area (Å²) < 4.78 is 10.2. The minimum absolute atomic E-state index is 0.493. The SMILES string of the molecule is CP(C)(=O)C=O. The van der Waals surface area contributed by atoms with Gasteiger partial charge in [-0.05, 0) is 13.3 Å². The van der Waals surface area contributed by atoms with E-state index in [1.807, 2.05) is 0 Å². The second-order valence-corrected chi connectivity index (χ2v) is 4.62. The molecule has 0 N–H and O–H groups in total. The Balaban J connectivity index is 3.81. The van der Waals surface area contributed by atoms with E-state index < -0.39 is 7.14 Å². The van der Waals surface area contributed by atoms with Gasteiger partial charge in [-0.25, -0.2) is 0 Å². The molecule has 6 heavy (non-hydrogen) atoms. The Hall–Kier alpha value is -0.100. The first-order valence-corrected chi connectivity index (χ1v) is 4.24. The van der Waals surface area contributed by atoms with Gasteiger partial charge >= 0.3 is 0 Å². The van der Waals surface area contributed by atoms with E-state index in [2.05, 4.69) is 0 Å². The van der Waals surface area contributed by atoms with Crippen LogP contribution < -0.4 is 0 Å². The average Bonchev–Trinajstić information content (AvgIpc) is 1.35. The lowest BCUT2D eigenvalue weighted by Gasteiger charge is -1.85. The Morgan fingerprint density at radius 1 is 1.50 bits per heavy atom. The summed E-state index contributed by atoms with van der Waals surface area (Å²) in [5, 5.41) is 0. The van der Waals surface area contributed by atoms with Crippen molar-refractivity contribution >= 4 is 13.2 Å². The van der Waals surface area contributed by atoms with Crippen LogP contribution in [0.1, 0.15) is 0 Å². The quantitative estimate of drug-likeness (QED) is 0.366. The summed E-state index contributed by atoms with van der Waals surface area (Å²) in [5.74, 6) is 0. The first-order chi connectivity index (χ1) is 2.56. The molecule has 0 aromatic carbocycles. The summed E-state index contributed by atoms with van der Waals surface area (Å²) in [6.45, 7) is 2.86. The van der Waals surface area contributed by atoms with E-state index in [-0.39, 0.29) is 0 Å². The number of carbonyl (C=O) groups is 1. The number of rotatable bonds is 1. The van der Waals surface area contributed by atoms with E-state index in [1.54, 1.807) is 0 Å². The molecule has 0 fully saturated rings. The van der Waals surface area contributed by atoms with Gasteiger partial charge in [-0.1, -0.05) is 0 Å². The van der Waals surface area contributed by atoms with Gasteiger partial charge in [0, 0.05) is 0 Å². The summed E-state index contributed by atoms with van der Waals surface area (Å²) in [6.07, 6.45) is 0. The van der Waals surface area contributed by atoms with E-state index in [0.29, 0.717) is 6.03 Å². The van der Waals surface area contributed by atoms with Gasteiger partial charge in [0.05, 0.1) is 0 Å². The second kappa shape index (κ2) is 1.57. The molecule has 0 aliphatic rings. The van der Waals surface area contributed by atoms with E-state index >= 15 is 0 Å². The summed E-state index contributed by atoms with van der Waals surface area (Å²) in [4.78, 5) is 9.56. The van der Waals surface area contributed by atoms with Crippen molar-refractivity contribution in [1.29, 1.82) is 0 Å². The third kappa shape index (κ3) is 3.90. The van der Waals surface area contributed by atoms with Crippen LogP contribution in [-0.2, 0) is 9.36 Å². The maximum atomic E-state index is 10.2. The summed E-state index contributed by atoms with van der Waals surface area (Å²) >= 11 is 0. The lowest BCUT2D eigenvalue weighted by molar-refractivity contribution is 0.556. The van der Waals surface area contributed by atoms with Crippen LogP contribution >= 0.6 is 7.14 Å². The van der Waals surface area contributed by atoms with Crippen LogP contribution in [0.15, 0.2) is 0 Å². The predicted molar refractivity (Wildman–Crippen MR) is 26.2 cm³/mol. The first-order valence-electron chi connectivity index (χ1n) is 1.57. The Kier molecular flexibility index (Phi) is 1.54. The van der Waals surface area contributed by atoms with E-state index in [1.165, 1.54) is 13.3 Å². The van der Waals surface area contributed by atoms with Gasteiger partial charge in [0.2, 0.25) is 0 Å². The van der Waals surface area contributed by atoms with Gasteiger partial charge < -0.3 is 4.57 Å². The van der Waals surface area contributed by atoms with Gasteiger partial charge in [0.1, 0.15) is 7.14 Å². The van der Waals surface area contributed by atoms with Crippen molar-refractivity contribution in [3.8, 4) is 0 Å². The molecular weight excluding hydrogens is 99.0 g/mol. The highest BCUT2D eigenvalue weighted by atomic mass is 31.2. The molecule has 0 aliphatic carbocycles. The predicted octanol–water partition coefficient (Wildman–Crippen LogP) is 0.799. The molecule has 0 unspecified atom stereocenters. The van der Waals surface area contributed by atoms with Crippen molar-refractivity contribution in [2.75, 3.05) is 13.3 Å². The zero-order chi connectivity index (χ0) is 5.21. The molecule has 0 bridgehead atoms. The number of hydrogen-bond acceptors (Lipinski definition) is 2. The monoisotopic (exact) mass is 106 g/mol. The second-order valence-electron chi connectivity index (χ2n) is 1.54. The molecule has 0 atom stereocenters. The summed E-state index contributed by atoms with van der Waals surface area (Å²) in [6, 6.07) is 0.493. The minimum atomic E-state index is -2.33. The first kappa shape index (κ1) is 5.90.